The maximum absolute atomic E-state index is 13.2. The van der Waals surface area contributed by atoms with Crippen LogP contribution in [0.3, 0.4) is 0 Å². The third-order valence-corrected chi connectivity index (χ3v) is 1.94. The van der Waals surface area contributed by atoms with Gasteiger partial charge in [-0.1, -0.05) is 0 Å². The molecule has 0 unspecified atom stereocenters. The zero-order chi connectivity index (χ0) is 11.1. The minimum Gasteiger partial charge on any atom is -0.479 e. The van der Waals surface area contributed by atoms with Gasteiger partial charge in [0.05, 0.1) is 0 Å². The highest BCUT2D eigenvalue weighted by molar-refractivity contribution is 5.92. The van der Waals surface area contributed by atoms with Gasteiger partial charge in [-0.3, -0.25) is 4.79 Å². The lowest BCUT2D eigenvalue weighted by Crippen LogP contribution is -2.29. The second kappa shape index (κ2) is 2.93. The number of carboxylic acid groups (broad SMARTS) is 1. The second-order valence-electron chi connectivity index (χ2n) is 4.46. The van der Waals surface area contributed by atoms with Crippen LogP contribution in [0.5, 0.6) is 0 Å². The minimum absolute atomic E-state index is 0.281. The standard InChI is InChI=1S/C9H13FO4/c1-8(2,3)14-6(11)5-4-9(5,10)7(12)13/h5H,4H2,1-3H3,(H,12,13)/t5-,9+/m0/s1. The van der Waals surface area contributed by atoms with Gasteiger partial charge in [0.25, 0.3) is 0 Å². The quantitative estimate of drug-likeness (QED) is 0.685. The molecule has 1 rings (SSSR count). The van der Waals surface area contributed by atoms with Crippen LogP contribution in [0.15, 0.2) is 0 Å². The van der Waals surface area contributed by atoms with E-state index in [-0.39, 0.29) is 6.42 Å². The topological polar surface area (TPSA) is 63.6 Å². The number of carboxylic acids is 1. The molecule has 0 aromatic carbocycles. The Bertz CT molecular complexity index is 281. The SMILES string of the molecule is CC(C)(C)OC(=O)[C@@H]1C[C@]1(F)C(=O)O. The Hall–Kier alpha value is -1.13. The Balaban J connectivity index is 2.56. The van der Waals surface area contributed by atoms with Crippen molar-refractivity contribution in [3.63, 3.8) is 0 Å². The Morgan fingerprint density at radius 1 is 1.50 bits per heavy atom. The molecule has 2 atom stereocenters. The summed E-state index contributed by atoms with van der Waals surface area (Å²) in [4.78, 5) is 21.6. The zero-order valence-electron chi connectivity index (χ0n) is 8.33. The van der Waals surface area contributed by atoms with E-state index >= 15 is 0 Å². The second-order valence-corrected chi connectivity index (χ2v) is 4.46. The molecule has 0 saturated heterocycles. The average Bonchev–Trinajstić information content (AvgIpc) is 2.60. The predicted molar refractivity (Wildman–Crippen MR) is 45.4 cm³/mol. The predicted octanol–water partition coefficient (Wildman–Crippen LogP) is 1.14. The van der Waals surface area contributed by atoms with E-state index in [1.54, 1.807) is 20.8 Å². The number of halogens is 1. The van der Waals surface area contributed by atoms with E-state index in [4.69, 9.17) is 9.84 Å². The van der Waals surface area contributed by atoms with Crippen LogP contribution in [-0.4, -0.2) is 28.3 Å². The summed E-state index contributed by atoms with van der Waals surface area (Å²) in [6, 6.07) is 0. The third-order valence-electron chi connectivity index (χ3n) is 1.94. The summed E-state index contributed by atoms with van der Waals surface area (Å²) in [6.07, 6.45) is -0.281. The Labute approximate surface area is 81.0 Å². The molecule has 1 saturated carbocycles. The monoisotopic (exact) mass is 204 g/mol. The van der Waals surface area contributed by atoms with Gasteiger partial charge < -0.3 is 9.84 Å². The van der Waals surface area contributed by atoms with Gasteiger partial charge in [-0.05, 0) is 20.8 Å². The fraction of sp³-hybridized carbons (Fsp3) is 0.778. The lowest BCUT2D eigenvalue weighted by Gasteiger charge is -2.19. The van der Waals surface area contributed by atoms with Crippen LogP contribution >= 0.6 is 0 Å². The first kappa shape index (κ1) is 10.9. The van der Waals surface area contributed by atoms with Crippen LogP contribution in [0.4, 0.5) is 4.39 Å². The van der Waals surface area contributed by atoms with Crippen molar-refractivity contribution in [3.8, 4) is 0 Å². The molecule has 1 aliphatic rings. The first-order valence-corrected chi connectivity index (χ1v) is 4.32. The highest BCUT2D eigenvalue weighted by atomic mass is 19.1. The number of esters is 1. The van der Waals surface area contributed by atoms with Crippen molar-refractivity contribution in [2.75, 3.05) is 0 Å². The van der Waals surface area contributed by atoms with E-state index in [0.29, 0.717) is 0 Å². The van der Waals surface area contributed by atoms with Crippen molar-refractivity contribution in [2.45, 2.75) is 38.5 Å². The maximum atomic E-state index is 13.2. The fourth-order valence-electron chi connectivity index (χ4n) is 1.12. The molecule has 1 N–H and O–H groups in total. The van der Waals surface area contributed by atoms with Crippen molar-refractivity contribution < 1.29 is 23.8 Å². The molecule has 80 valence electrons. The lowest BCUT2D eigenvalue weighted by atomic mass is 10.2. The van der Waals surface area contributed by atoms with Crippen LogP contribution in [0.1, 0.15) is 27.2 Å². The van der Waals surface area contributed by atoms with E-state index in [2.05, 4.69) is 0 Å². The number of hydrogen-bond donors (Lipinski definition) is 1. The smallest absolute Gasteiger partial charge is 0.342 e. The maximum Gasteiger partial charge on any atom is 0.342 e. The van der Waals surface area contributed by atoms with Crippen LogP contribution in [0, 0.1) is 5.92 Å². The van der Waals surface area contributed by atoms with Gasteiger partial charge in [-0.2, -0.15) is 0 Å². The third kappa shape index (κ3) is 2.02. The Morgan fingerprint density at radius 2 is 2.00 bits per heavy atom. The molecular formula is C9H13FO4. The molecule has 0 bridgehead atoms. The van der Waals surface area contributed by atoms with Gasteiger partial charge in [0.1, 0.15) is 11.5 Å². The summed E-state index contributed by atoms with van der Waals surface area (Å²) in [5, 5.41) is 8.45. The molecule has 0 aromatic rings. The summed E-state index contributed by atoms with van der Waals surface area (Å²) >= 11 is 0. The molecule has 1 fully saturated rings. The van der Waals surface area contributed by atoms with Crippen molar-refractivity contribution >= 4 is 11.9 Å². The van der Waals surface area contributed by atoms with Crippen molar-refractivity contribution in [3.05, 3.63) is 0 Å². The number of aliphatic carboxylic acids is 1. The van der Waals surface area contributed by atoms with Crippen LogP contribution in [-0.2, 0) is 14.3 Å². The van der Waals surface area contributed by atoms with Crippen LogP contribution in [0.25, 0.3) is 0 Å². The Morgan fingerprint density at radius 3 is 2.29 bits per heavy atom. The number of ether oxygens (including phenoxy) is 1. The highest BCUT2D eigenvalue weighted by Crippen LogP contribution is 2.48. The van der Waals surface area contributed by atoms with Crippen molar-refractivity contribution in [1.82, 2.24) is 0 Å². The van der Waals surface area contributed by atoms with Crippen molar-refractivity contribution in [1.29, 1.82) is 0 Å². The van der Waals surface area contributed by atoms with E-state index in [9.17, 15) is 14.0 Å². The van der Waals surface area contributed by atoms with E-state index in [1.165, 1.54) is 0 Å². The minimum atomic E-state index is -2.40. The normalized spacial score (nSPS) is 31.0. The largest absolute Gasteiger partial charge is 0.479 e. The molecule has 0 aromatic heterocycles. The summed E-state index contributed by atoms with van der Waals surface area (Å²) in [5.41, 5.74) is -3.11. The molecule has 0 radical (unpaired) electrons. The molecule has 0 heterocycles. The summed E-state index contributed by atoms with van der Waals surface area (Å²) in [7, 11) is 0. The molecule has 0 amide bonds. The Kier molecular flexibility index (Phi) is 2.29. The molecular weight excluding hydrogens is 191 g/mol. The van der Waals surface area contributed by atoms with Gasteiger partial charge in [0.2, 0.25) is 5.67 Å². The van der Waals surface area contributed by atoms with Gasteiger partial charge >= 0.3 is 11.9 Å². The van der Waals surface area contributed by atoms with Gasteiger partial charge in [0.15, 0.2) is 0 Å². The zero-order valence-corrected chi connectivity index (χ0v) is 8.33. The van der Waals surface area contributed by atoms with Gasteiger partial charge in [-0.15, -0.1) is 0 Å². The molecule has 0 aliphatic heterocycles. The number of rotatable bonds is 2. The average molecular weight is 204 g/mol. The molecule has 1 aliphatic carbocycles. The van der Waals surface area contributed by atoms with Gasteiger partial charge in [-0.25, -0.2) is 9.18 Å². The van der Waals surface area contributed by atoms with Crippen LogP contribution in [0.2, 0.25) is 0 Å². The fourth-order valence-corrected chi connectivity index (χ4v) is 1.12. The highest BCUT2D eigenvalue weighted by Gasteiger charge is 2.67. The lowest BCUT2D eigenvalue weighted by molar-refractivity contribution is -0.161. The molecule has 14 heavy (non-hydrogen) atoms. The number of carbonyl (C=O) groups excluding carboxylic acids is 1. The molecule has 4 nitrogen and oxygen atoms in total. The molecule has 0 spiro atoms. The number of alkyl halides is 1. The molecule has 5 heteroatoms. The van der Waals surface area contributed by atoms with E-state index < -0.39 is 29.1 Å². The summed E-state index contributed by atoms with van der Waals surface area (Å²) < 4.78 is 18.1. The summed E-state index contributed by atoms with van der Waals surface area (Å²) in [6.45, 7) is 4.94. The van der Waals surface area contributed by atoms with Crippen LogP contribution < -0.4 is 0 Å². The summed E-state index contributed by atoms with van der Waals surface area (Å²) in [5.74, 6) is -3.50. The number of hydrogen-bond acceptors (Lipinski definition) is 3. The first-order valence-electron chi connectivity index (χ1n) is 4.32. The van der Waals surface area contributed by atoms with Gasteiger partial charge in [0, 0.05) is 6.42 Å². The van der Waals surface area contributed by atoms with Crippen molar-refractivity contribution in [2.24, 2.45) is 5.92 Å². The first-order chi connectivity index (χ1) is 6.17. The number of carbonyl (C=O) groups is 2. The van der Waals surface area contributed by atoms with E-state index in [1.807, 2.05) is 0 Å². The van der Waals surface area contributed by atoms with E-state index in [0.717, 1.165) is 0 Å².